The van der Waals surface area contributed by atoms with Crippen molar-refractivity contribution in [2.45, 2.75) is 103 Å². The molecule has 0 amide bonds. The molecule has 0 radical (unpaired) electrons. The van der Waals surface area contributed by atoms with Gasteiger partial charge in [0.05, 0.1) is 0 Å². The predicted octanol–water partition coefficient (Wildman–Crippen LogP) is 2.37. The van der Waals surface area contributed by atoms with Crippen LogP contribution in [0, 0.1) is 0 Å². The van der Waals surface area contributed by atoms with Crippen molar-refractivity contribution in [3.8, 4) is 0 Å². The van der Waals surface area contributed by atoms with Crippen LogP contribution in [0.4, 0.5) is 0 Å². The fourth-order valence-electron chi connectivity index (χ4n) is 3.02. The smallest absolute Gasteiger partial charge is 0.134 e. The lowest BCUT2D eigenvalue weighted by atomic mass is 10.00. The SMILES string of the molecule is CC(=O)CCC(=O)CCC(=O)CCC(=O)CCC(=O)CCC(=O)CCC(=O)CCC(=O)CCN. The minimum atomic E-state index is -0.234. The van der Waals surface area contributed by atoms with Crippen LogP contribution in [0.15, 0.2) is 0 Å². The third-order valence-corrected chi connectivity index (χ3v) is 5.28. The van der Waals surface area contributed by atoms with Gasteiger partial charge < -0.3 is 10.5 Å². The Kier molecular flexibility index (Phi) is 17.2. The molecule has 0 saturated carbocycles. The van der Waals surface area contributed by atoms with Crippen molar-refractivity contribution in [3.63, 3.8) is 0 Å². The Labute approximate surface area is 200 Å². The van der Waals surface area contributed by atoms with E-state index in [2.05, 4.69) is 0 Å². The van der Waals surface area contributed by atoms with Crippen LogP contribution in [0.2, 0.25) is 0 Å². The predicted molar refractivity (Wildman–Crippen MR) is 124 cm³/mol. The van der Waals surface area contributed by atoms with Crippen LogP contribution in [-0.4, -0.2) is 52.8 Å². The molecule has 0 aromatic carbocycles. The minimum Gasteiger partial charge on any atom is -0.330 e. The molecule has 2 N–H and O–H groups in total. The molecule has 0 aliphatic rings. The van der Waals surface area contributed by atoms with Gasteiger partial charge in [0, 0.05) is 96.3 Å². The molecule has 0 aromatic heterocycles. The average molecular weight is 480 g/mol. The van der Waals surface area contributed by atoms with Crippen molar-refractivity contribution in [3.05, 3.63) is 0 Å². The van der Waals surface area contributed by atoms with Crippen LogP contribution in [0.1, 0.15) is 103 Å². The molecule has 0 saturated heterocycles. The van der Waals surface area contributed by atoms with E-state index in [4.69, 9.17) is 5.73 Å². The van der Waals surface area contributed by atoms with Gasteiger partial charge in [0.15, 0.2) is 0 Å². The molecule has 0 rings (SSSR count). The van der Waals surface area contributed by atoms with Crippen LogP contribution < -0.4 is 5.73 Å². The second kappa shape index (κ2) is 18.7. The second-order valence-corrected chi connectivity index (χ2v) is 8.51. The van der Waals surface area contributed by atoms with E-state index in [-0.39, 0.29) is 149 Å². The minimum absolute atomic E-state index is 0.00253. The summed E-state index contributed by atoms with van der Waals surface area (Å²) < 4.78 is 0. The van der Waals surface area contributed by atoms with Crippen LogP contribution in [-0.2, 0) is 38.4 Å². The molecule has 0 fully saturated rings. The van der Waals surface area contributed by atoms with Crippen molar-refractivity contribution >= 4 is 46.3 Å². The quantitative estimate of drug-likeness (QED) is 0.232. The van der Waals surface area contributed by atoms with E-state index in [1.807, 2.05) is 0 Å². The van der Waals surface area contributed by atoms with Gasteiger partial charge in [-0.25, -0.2) is 0 Å². The first kappa shape index (κ1) is 31.3. The molecule has 34 heavy (non-hydrogen) atoms. The Balaban J connectivity index is 3.90. The number of hydrogen-bond donors (Lipinski definition) is 1. The Morgan fingerprint density at radius 1 is 0.353 bits per heavy atom. The van der Waals surface area contributed by atoms with Crippen LogP contribution in [0.3, 0.4) is 0 Å². The highest BCUT2D eigenvalue weighted by Crippen LogP contribution is 2.09. The van der Waals surface area contributed by atoms with Crippen LogP contribution in [0.25, 0.3) is 0 Å². The number of carbonyl (C=O) groups excluding carboxylic acids is 8. The number of carbonyl (C=O) groups is 8. The summed E-state index contributed by atoms with van der Waals surface area (Å²) in [4.78, 5) is 92.9. The average Bonchev–Trinajstić information content (AvgIpc) is 2.79. The highest BCUT2D eigenvalue weighted by atomic mass is 16.2. The maximum absolute atomic E-state index is 11.9. The molecule has 0 unspecified atom stereocenters. The summed E-state index contributed by atoms with van der Waals surface area (Å²) >= 11 is 0. The van der Waals surface area contributed by atoms with Crippen LogP contribution >= 0.6 is 0 Å². The number of hydrogen-bond acceptors (Lipinski definition) is 9. The molecule has 0 spiro atoms. The summed E-state index contributed by atoms with van der Waals surface area (Å²) in [5, 5.41) is 0. The summed E-state index contributed by atoms with van der Waals surface area (Å²) in [6.45, 7) is 1.64. The van der Waals surface area contributed by atoms with Crippen LogP contribution in [0.5, 0.6) is 0 Å². The second-order valence-electron chi connectivity index (χ2n) is 8.51. The highest BCUT2D eigenvalue weighted by molar-refractivity contribution is 5.93. The summed E-state index contributed by atoms with van der Waals surface area (Å²) in [5.74, 6) is -1.38. The molecule has 9 heteroatoms. The molecular formula is C25H37NO8. The third-order valence-electron chi connectivity index (χ3n) is 5.28. The van der Waals surface area contributed by atoms with Crippen molar-refractivity contribution in [2.24, 2.45) is 5.73 Å². The van der Waals surface area contributed by atoms with E-state index < -0.39 is 0 Å². The molecule has 9 nitrogen and oxygen atoms in total. The molecule has 0 aromatic rings. The van der Waals surface area contributed by atoms with Gasteiger partial charge in [0.1, 0.15) is 46.3 Å². The van der Waals surface area contributed by atoms with Gasteiger partial charge in [-0.3, -0.25) is 33.6 Å². The van der Waals surface area contributed by atoms with Crippen molar-refractivity contribution < 1.29 is 38.4 Å². The summed E-state index contributed by atoms with van der Waals surface area (Å²) in [6.07, 6.45) is 0.901. The molecule has 0 aliphatic carbocycles. The monoisotopic (exact) mass is 479 g/mol. The number of Topliss-reactive ketones (excluding diaryl/α,β-unsaturated/α-hetero) is 8. The Morgan fingerprint density at radius 3 is 0.706 bits per heavy atom. The zero-order valence-corrected chi connectivity index (χ0v) is 20.2. The van der Waals surface area contributed by atoms with E-state index in [1.165, 1.54) is 6.92 Å². The lowest BCUT2D eigenvalue weighted by Gasteiger charge is -2.03. The van der Waals surface area contributed by atoms with Gasteiger partial charge in [-0.05, 0) is 13.5 Å². The van der Waals surface area contributed by atoms with Gasteiger partial charge in [0.25, 0.3) is 0 Å². The van der Waals surface area contributed by atoms with Crippen molar-refractivity contribution in [1.82, 2.24) is 0 Å². The normalized spacial score (nSPS) is 10.5. The van der Waals surface area contributed by atoms with Gasteiger partial charge in [-0.2, -0.15) is 0 Å². The first-order valence-corrected chi connectivity index (χ1v) is 11.8. The zero-order chi connectivity index (χ0) is 25.9. The molecule has 0 aliphatic heterocycles. The van der Waals surface area contributed by atoms with Gasteiger partial charge in [-0.1, -0.05) is 0 Å². The lowest BCUT2D eigenvalue weighted by Crippen LogP contribution is -2.11. The lowest BCUT2D eigenvalue weighted by molar-refractivity contribution is -0.128. The third kappa shape index (κ3) is 18.8. The van der Waals surface area contributed by atoms with Crippen molar-refractivity contribution in [1.29, 1.82) is 0 Å². The van der Waals surface area contributed by atoms with E-state index in [0.29, 0.717) is 0 Å². The summed E-state index contributed by atoms with van der Waals surface area (Å²) in [6, 6.07) is 0. The van der Waals surface area contributed by atoms with E-state index in [0.717, 1.165) is 0 Å². The van der Waals surface area contributed by atoms with Crippen molar-refractivity contribution in [2.75, 3.05) is 6.54 Å². The maximum atomic E-state index is 11.9. The summed E-state index contributed by atoms with van der Waals surface area (Å²) in [5.41, 5.74) is 5.26. The first-order valence-electron chi connectivity index (χ1n) is 11.8. The van der Waals surface area contributed by atoms with E-state index >= 15 is 0 Å². The highest BCUT2D eigenvalue weighted by Gasteiger charge is 2.14. The largest absolute Gasteiger partial charge is 0.330 e. The number of rotatable bonds is 23. The van der Waals surface area contributed by atoms with E-state index in [1.54, 1.807) is 0 Å². The Morgan fingerprint density at radius 2 is 0.529 bits per heavy atom. The molecule has 0 atom stereocenters. The first-order chi connectivity index (χ1) is 16.0. The molecule has 190 valence electrons. The standard InChI is InChI=1S/C25H37NO8/c1-18(27)2-3-19(28)4-5-20(29)6-7-21(30)8-9-22(31)10-11-23(32)12-13-24(33)14-15-25(34)16-17-26/h2-17,26H2,1H3. The van der Waals surface area contributed by atoms with Gasteiger partial charge >= 0.3 is 0 Å². The molecular weight excluding hydrogens is 442 g/mol. The van der Waals surface area contributed by atoms with E-state index in [9.17, 15) is 38.4 Å². The Hall–Kier alpha value is -2.68. The maximum Gasteiger partial charge on any atom is 0.134 e. The Bertz CT molecular complexity index is 769. The topological polar surface area (TPSA) is 163 Å². The zero-order valence-electron chi connectivity index (χ0n) is 20.2. The number of nitrogens with two attached hydrogens (primary N) is 1. The molecule has 0 bridgehead atoms. The summed E-state index contributed by atoms with van der Waals surface area (Å²) in [7, 11) is 0. The van der Waals surface area contributed by atoms with Gasteiger partial charge in [-0.15, -0.1) is 0 Å². The van der Waals surface area contributed by atoms with Gasteiger partial charge in [0.2, 0.25) is 0 Å². The number of ketones is 8. The molecule has 0 heterocycles. The fourth-order valence-corrected chi connectivity index (χ4v) is 3.02. The fraction of sp³-hybridized carbons (Fsp3) is 0.680.